The Bertz CT molecular complexity index is 1080. The van der Waals surface area contributed by atoms with Gasteiger partial charge >= 0.3 is 0 Å². The van der Waals surface area contributed by atoms with Crippen LogP contribution in [0.5, 0.6) is 0 Å². The van der Waals surface area contributed by atoms with E-state index < -0.39 is 0 Å². The zero-order valence-corrected chi connectivity index (χ0v) is 16.2. The molecule has 0 unspecified atom stereocenters. The standard InChI is InChI=1S/C24H22N4O/c1-18-7-10-22(16-25-18)24(29)26-15-21-5-2-3-6-23(21)20-11-8-19(9-12-20)17-28-14-4-13-27-28/h2-14,16H,15,17H2,1H3,(H,26,29). The van der Waals surface area contributed by atoms with E-state index in [2.05, 4.69) is 45.7 Å². The van der Waals surface area contributed by atoms with Crippen molar-refractivity contribution >= 4 is 5.91 Å². The number of benzene rings is 2. The van der Waals surface area contributed by atoms with Gasteiger partial charge in [0, 0.05) is 30.8 Å². The van der Waals surface area contributed by atoms with Gasteiger partial charge in [0.25, 0.3) is 5.91 Å². The Morgan fingerprint density at radius 1 is 1.00 bits per heavy atom. The maximum atomic E-state index is 12.4. The van der Waals surface area contributed by atoms with Crippen molar-refractivity contribution in [3.63, 3.8) is 0 Å². The second-order valence-corrected chi connectivity index (χ2v) is 6.93. The molecule has 0 bridgehead atoms. The number of aryl methyl sites for hydroxylation is 1. The van der Waals surface area contributed by atoms with Crippen LogP contribution in [0.1, 0.15) is 27.2 Å². The molecular formula is C24H22N4O. The van der Waals surface area contributed by atoms with E-state index >= 15 is 0 Å². The van der Waals surface area contributed by atoms with E-state index in [0.717, 1.165) is 28.9 Å². The fourth-order valence-electron chi connectivity index (χ4n) is 3.21. The highest BCUT2D eigenvalue weighted by atomic mass is 16.1. The van der Waals surface area contributed by atoms with Gasteiger partial charge in [-0.3, -0.25) is 14.5 Å². The minimum atomic E-state index is -0.123. The molecule has 5 heteroatoms. The lowest BCUT2D eigenvalue weighted by molar-refractivity contribution is 0.0950. The Labute approximate surface area is 170 Å². The molecule has 5 nitrogen and oxygen atoms in total. The first kappa shape index (κ1) is 18.6. The summed E-state index contributed by atoms with van der Waals surface area (Å²) in [4.78, 5) is 16.6. The van der Waals surface area contributed by atoms with Crippen LogP contribution >= 0.6 is 0 Å². The molecule has 144 valence electrons. The van der Waals surface area contributed by atoms with Gasteiger partial charge in [-0.15, -0.1) is 0 Å². The van der Waals surface area contributed by atoms with Crippen molar-refractivity contribution in [2.45, 2.75) is 20.0 Å². The minimum Gasteiger partial charge on any atom is -0.348 e. The summed E-state index contributed by atoms with van der Waals surface area (Å²) in [6.07, 6.45) is 5.34. The number of amides is 1. The first-order valence-corrected chi connectivity index (χ1v) is 9.54. The molecule has 1 N–H and O–H groups in total. The van der Waals surface area contributed by atoms with E-state index in [9.17, 15) is 4.79 Å². The fourth-order valence-corrected chi connectivity index (χ4v) is 3.21. The van der Waals surface area contributed by atoms with Crippen molar-refractivity contribution in [1.29, 1.82) is 0 Å². The zero-order valence-electron chi connectivity index (χ0n) is 16.2. The van der Waals surface area contributed by atoms with Crippen molar-refractivity contribution in [1.82, 2.24) is 20.1 Å². The smallest absolute Gasteiger partial charge is 0.253 e. The summed E-state index contributed by atoms with van der Waals surface area (Å²) in [7, 11) is 0. The highest BCUT2D eigenvalue weighted by molar-refractivity contribution is 5.93. The number of carbonyl (C=O) groups excluding carboxylic acids is 1. The van der Waals surface area contributed by atoms with E-state index in [1.807, 2.05) is 48.1 Å². The van der Waals surface area contributed by atoms with E-state index in [4.69, 9.17) is 0 Å². The Morgan fingerprint density at radius 2 is 1.83 bits per heavy atom. The van der Waals surface area contributed by atoms with Crippen molar-refractivity contribution < 1.29 is 4.79 Å². The van der Waals surface area contributed by atoms with Crippen molar-refractivity contribution in [3.05, 3.63) is 108 Å². The first-order valence-electron chi connectivity index (χ1n) is 9.54. The van der Waals surface area contributed by atoms with Crippen LogP contribution in [0.25, 0.3) is 11.1 Å². The predicted molar refractivity (Wildman–Crippen MR) is 113 cm³/mol. The van der Waals surface area contributed by atoms with Gasteiger partial charge in [0.1, 0.15) is 0 Å². The van der Waals surface area contributed by atoms with Crippen molar-refractivity contribution in [2.24, 2.45) is 0 Å². The summed E-state index contributed by atoms with van der Waals surface area (Å²) in [6.45, 7) is 3.10. The highest BCUT2D eigenvalue weighted by Gasteiger charge is 2.09. The molecule has 4 aromatic rings. The number of rotatable bonds is 6. The summed E-state index contributed by atoms with van der Waals surface area (Å²) in [5.74, 6) is -0.123. The predicted octanol–water partition coefficient (Wildman–Crippen LogP) is 4.23. The van der Waals surface area contributed by atoms with E-state index in [-0.39, 0.29) is 5.91 Å². The summed E-state index contributed by atoms with van der Waals surface area (Å²) in [5, 5.41) is 7.24. The first-order chi connectivity index (χ1) is 14.2. The Hall–Kier alpha value is -3.73. The number of carbonyl (C=O) groups is 1. The molecule has 4 rings (SSSR count). The number of aromatic nitrogens is 3. The molecule has 2 heterocycles. The third kappa shape index (κ3) is 4.58. The van der Waals surface area contributed by atoms with Crippen LogP contribution in [0.15, 0.2) is 85.3 Å². The number of hydrogen-bond donors (Lipinski definition) is 1. The van der Waals surface area contributed by atoms with Crippen molar-refractivity contribution in [3.8, 4) is 11.1 Å². The molecule has 0 aliphatic carbocycles. The molecule has 29 heavy (non-hydrogen) atoms. The van der Waals surface area contributed by atoms with Gasteiger partial charge in [0.2, 0.25) is 0 Å². The summed E-state index contributed by atoms with van der Waals surface area (Å²) < 4.78 is 1.90. The topological polar surface area (TPSA) is 59.8 Å². The van der Waals surface area contributed by atoms with Crippen LogP contribution in [-0.4, -0.2) is 20.7 Å². The SMILES string of the molecule is Cc1ccc(C(=O)NCc2ccccc2-c2ccc(Cn3cccn3)cc2)cn1. The van der Waals surface area contributed by atoms with Crippen LogP contribution in [0.2, 0.25) is 0 Å². The zero-order chi connectivity index (χ0) is 20.1. The quantitative estimate of drug-likeness (QED) is 0.543. The maximum absolute atomic E-state index is 12.4. The molecule has 0 spiro atoms. The normalized spacial score (nSPS) is 10.7. The fraction of sp³-hybridized carbons (Fsp3) is 0.125. The van der Waals surface area contributed by atoms with E-state index in [0.29, 0.717) is 12.1 Å². The third-order valence-corrected chi connectivity index (χ3v) is 4.80. The van der Waals surface area contributed by atoms with Gasteiger partial charge in [-0.25, -0.2) is 0 Å². The van der Waals surface area contributed by atoms with Gasteiger partial charge in [0.15, 0.2) is 0 Å². The molecule has 2 aromatic heterocycles. The van der Waals surface area contributed by atoms with E-state index in [1.54, 1.807) is 18.5 Å². The monoisotopic (exact) mass is 382 g/mol. The maximum Gasteiger partial charge on any atom is 0.253 e. The van der Waals surface area contributed by atoms with E-state index in [1.165, 1.54) is 5.56 Å². The van der Waals surface area contributed by atoms with Crippen LogP contribution in [-0.2, 0) is 13.1 Å². The van der Waals surface area contributed by atoms with Crippen LogP contribution in [0.4, 0.5) is 0 Å². The van der Waals surface area contributed by atoms with Crippen LogP contribution in [0, 0.1) is 6.92 Å². The molecule has 0 atom stereocenters. The largest absolute Gasteiger partial charge is 0.348 e. The summed E-state index contributed by atoms with van der Waals surface area (Å²) >= 11 is 0. The third-order valence-electron chi connectivity index (χ3n) is 4.80. The molecule has 0 radical (unpaired) electrons. The number of pyridine rings is 1. The Morgan fingerprint density at radius 3 is 2.55 bits per heavy atom. The van der Waals surface area contributed by atoms with Gasteiger partial charge in [-0.1, -0.05) is 48.5 Å². The Kier molecular flexibility index (Phi) is 5.47. The van der Waals surface area contributed by atoms with Gasteiger partial charge in [0.05, 0.1) is 12.1 Å². The molecule has 0 saturated heterocycles. The molecule has 2 aromatic carbocycles. The summed E-state index contributed by atoms with van der Waals surface area (Å²) in [6, 6.07) is 22.1. The average molecular weight is 382 g/mol. The number of hydrogen-bond acceptors (Lipinski definition) is 3. The van der Waals surface area contributed by atoms with Crippen molar-refractivity contribution in [2.75, 3.05) is 0 Å². The second kappa shape index (κ2) is 8.52. The molecule has 0 aliphatic rings. The Balaban J connectivity index is 1.47. The number of nitrogens with one attached hydrogen (secondary N) is 1. The lowest BCUT2D eigenvalue weighted by atomic mass is 9.98. The highest BCUT2D eigenvalue weighted by Crippen LogP contribution is 2.24. The lowest BCUT2D eigenvalue weighted by Crippen LogP contribution is -2.23. The van der Waals surface area contributed by atoms with Gasteiger partial charge < -0.3 is 5.32 Å². The molecule has 1 amide bonds. The molecule has 0 aliphatic heterocycles. The second-order valence-electron chi connectivity index (χ2n) is 6.93. The molecular weight excluding hydrogens is 360 g/mol. The van der Waals surface area contributed by atoms with Gasteiger partial charge in [-0.05, 0) is 47.4 Å². The number of nitrogens with zero attached hydrogens (tertiary/aromatic N) is 3. The lowest BCUT2D eigenvalue weighted by Gasteiger charge is -2.12. The van der Waals surface area contributed by atoms with Crippen LogP contribution < -0.4 is 5.32 Å². The van der Waals surface area contributed by atoms with Gasteiger partial charge in [-0.2, -0.15) is 5.10 Å². The summed E-state index contributed by atoms with van der Waals surface area (Å²) in [5.41, 5.74) is 5.95. The molecule has 0 fully saturated rings. The molecule has 0 saturated carbocycles. The minimum absolute atomic E-state index is 0.123. The average Bonchev–Trinajstić information content (AvgIpc) is 3.26. The van der Waals surface area contributed by atoms with Crippen LogP contribution in [0.3, 0.4) is 0 Å².